The van der Waals surface area contributed by atoms with Crippen molar-refractivity contribution in [2.75, 3.05) is 9.80 Å². The van der Waals surface area contributed by atoms with Gasteiger partial charge >= 0.3 is 0 Å². The van der Waals surface area contributed by atoms with Gasteiger partial charge in [-0.1, -0.05) is 116 Å². The van der Waals surface area contributed by atoms with Gasteiger partial charge in [-0.25, -0.2) is 19.9 Å². The van der Waals surface area contributed by atoms with Crippen molar-refractivity contribution in [3.8, 4) is 0 Å². The monoisotopic (exact) mass is 786 g/mol. The van der Waals surface area contributed by atoms with Crippen LogP contribution in [-0.4, -0.2) is 26.6 Å². The van der Waals surface area contributed by atoms with E-state index in [0.717, 1.165) is 118 Å². The van der Waals surface area contributed by atoms with Crippen LogP contribution in [0.1, 0.15) is 43.6 Å². The summed E-state index contributed by atoms with van der Waals surface area (Å²) in [4.78, 5) is 25.6. The predicted molar refractivity (Wildman–Crippen MR) is 247 cm³/mol. The lowest BCUT2D eigenvalue weighted by molar-refractivity contribution is 0.444. The summed E-state index contributed by atoms with van der Waals surface area (Å²) in [6.45, 7) is -0.195. The van der Waals surface area contributed by atoms with E-state index >= 15 is 0 Å². The van der Waals surface area contributed by atoms with Crippen LogP contribution in [0.15, 0.2) is 155 Å². The zero-order chi connectivity index (χ0) is 39.8. The largest absolute Gasteiger partial charge is 0.454 e. The van der Waals surface area contributed by atoms with Crippen molar-refractivity contribution in [3.63, 3.8) is 0 Å². The minimum Gasteiger partial charge on any atom is -0.454 e. The molecule has 0 spiro atoms. The number of hydrogen-bond acceptors (Lipinski definition) is 8. The van der Waals surface area contributed by atoms with Crippen molar-refractivity contribution >= 4 is 123 Å². The van der Waals surface area contributed by atoms with Crippen LogP contribution in [0, 0.1) is 0 Å². The van der Waals surface area contributed by atoms with Crippen LogP contribution in [0.3, 0.4) is 0 Å². The molecule has 1 aliphatic carbocycles. The average molecular weight is 787 g/mol. The Morgan fingerprint density at radius 2 is 1.00 bits per heavy atom. The first kappa shape index (κ1) is 33.3. The van der Waals surface area contributed by atoms with Gasteiger partial charge in [0.25, 0.3) is 6.71 Å². The maximum absolute atomic E-state index is 6.98. The molecule has 288 valence electrons. The van der Waals surface area contributed by atoms with Gasteiger partial charge in [0, 0.05) is 56.1 Å². The van der Waals surface area contributed by atoms with Crippen LogP contribution >= 0.6 is 0 Å². The van der Waals surface area contributed by atoms with E-state index in [0.29, 0.717) is 17.8 Å². The number of furan rings is 2. The van der Waals surface area contributed by atoms with Gasteiger partial charge in [-0.05, 0) is 77.1 Å². The van der Waals surface area contributed by atoms with E-state index in [9.17, 15) is 0 Å². The normalized spacial score (nSPS) is 15.0. The van der Waals surface area contributed by atoms with Crippen molar-refractivity contribution in [1.82, 2.24) is 19.9 Å². The van der Waals surface area contributed by atoms with E-state index in [1.165, 1.54) is 24.8 Å². The molecule has 2 aliphatic heterocycles. The molecular formula is C52H35BN6O2. The van der Waals surface area contributed by atoms with Crippen molar-refractivity contribution in [3.05, 3.63) is 151 Å². The first-order chi connectivity index (χ1) is 30.2. The molecular weight excluding hydrogens is 751 g/mol. The summed E-state index contributed by atoms with van der Waals surface area (Å²) < 4.78 is 14.0. The van der Waals surface area contributed by atoms with Gasteiger partial charge in [-0.15, -0.1) is 0 Å². The van der Waals surface area contributed by atoms with E-state index < -0.39 is 0 Å². The van der Waals surface area contributed by atoms with E-state index in [1.807, 2.05) is 48.8 Å². The number of benzene rings is 7. The van der Waals surface area contributed by atoms with Gasteiger partial charge in [0.2, 0.25) is 11.9 Å². The van der Waals surface area contributed by atoms with Gasteiger partial charge in [-0.3, -0.25) is 9.80 Å². The fourth-order valence-electron chi connectivity index (χ4n) is 10.8. The average Bonchev–Trinajstić information content (AvgIpc) is 3.90. The third-order valence-corrected chi connectivity index (χ3v) is 13.5. The Morgan fingerprint density at radius 1 is 0.508 bits per heavy atom. The standard InChI is InChI=1S/C52H35BN6O2/c1-2-12-30(13-3-1)33-26-42-46-43(27-33)59(52-55-29-32-15-5-9-19-41(32)57-52)48-39(25-23-37-35-17-7-11-21-45(35)61-50(37)48)53(46)38-24-22-36-34-16-6-10-20-44(34)60-49(36)47(38)58(42)51-54-28-31-14-4-8-18-40(31)56-51/h4-11,14-30H,1-3,12-13H2. The molecule has 6 heterocycles. The van der Waals surface area contributed by atoms with Gasteiger partial charge in [0.15, 0.2) is 11.2 Å². The topological polar surface area (TPSA) is 84.3 Å². The SMILES string of the molecule is c1ccc2nc(N3c4cc(C5CCCCC5)cc5c4B(c4ccc6c(oc7ccccc76)c43)c3ccc4c(oc6ccccc64)c3N5c3ncc4ccccc4n3)ncc2c1. The van der Waals surface area contributed by atoms with Crippen molar-refractivity contribution in [2.24, 2.45) is 0 Å². The summed E-state index contributed by atoms with van der Waals surface area (Å²) in [5.41, 5.74) is 13.8. The van der Waals surface area contributed by atoms with E-state index in [1.54, 1.807) is 0 Å². The number of anilines is 6. The Hall–Kier alpha value is -7.52. The minimum atomic E-state index is -0.195. The molecule has 1 saturated carbocycles. The van der Waals surface area contributed by atoms with Crippen LogP contribution in [0.25, 0.3) is 65.7 Å². The molecule has 0 N–H and O–H groups in total. The Labute approximate surface area is 350 Å². The number of hydrogen-bond donors (Lipinski definition) is 0. The molecule has 4 aromatic heterocycles. The molecule has 0 unspecified atom stereocenters. The summed E-state index contributed by atoms with van der Waals surface area (Å²) in [5, 5.41) is 6.25. The fourth-order valence-corrected chi connectivity index (χ4v) is 10.8. The minimum absolute atomic E-state index is 0.195. The number of para-hydroxylation sites is 4. The highest BCUT2D eigenvalue weighted by atomic mass is 16.3. The summed E-state index contributed by atoms with van der Waals surface area (Å²) in [7, 11) is 0. The molecule has 11 aromatic rings. The van der Waals surface area contributed by atoms with E-state index in [2.05, 4.69) is 107 Å². The molecule has 3 aliphatic rings. The highest BCUT2D eigenvalue weighted by Gasteiger charge is 2.47. The Balaban J connectivity index is 1.15. The number of fused-ring (bicyclic) bond motifs is 14. The number of rotatable bonds is 3. The fraction of sp³-hybridized carbons (Fsp3) is 0.115. The maximum Gasteiger partial charge on any atom is 0.252 e. The Kier molecular flexibility index (Phi) is 6.83. The van der Waals surface area contributed by atoms with Crippen LogP contribution in [0.2, 0.25) is 0 Å². The van der Waals surface area contributed by atoms with Crippen molar-refractivity contribution in [1.29, 1.82) is 0 Å². The first-order valence-electron chi connectivity index (χ1n) is 21.4. The van der Waals surface area contributed by atoms with Crippen molar-refractivity contribution < 1.29 is 8.83 Å². The highest BCUT2D eigenvalue weighted by molar-refractivity contribution is 7.00. The molecule has 8 nitrogen and oxygen atoms in total. The van der Waals surface area contributed by atoms with Gasteiger partial charge < -0.3 is 8.83 Å². The predicted octanol–water partition coefficient (Wildman–Crippen LogP) is 11.5. The molecule has 0 radical (unpaired) electrons. The first-order valence-corrected chi connectivity index (χ1v) is 21.4. The maximum atomic E-state index is 6.98. The summed E-state index contributed by atoms with van der Waals surface area (Å²) in [6.07, 6.45) is 9.84. The van der Waals surface area contributed by atoms with Gasteiger partial charge in [0.1, 0.15) is 11.2 Å². The summed E-state index contributed by atoms with van der Waals surface area (Å²) in [6, 6.07) is 47.0. The lowest BCUT2D eigenvalue weighted by Gasteiger charge is -2.43. The highest BCUT2D eigenvalue weighted by Crippen LogP contribution is 2.50. The summed E-state index contributed by atoms with van der Waals surface area (Å²) >= 11 is 0. The molecule has 14 rings (SSSR count). The second kappa shape index (κ2) is 12.5. The zero-order valence-electron chi connectivity index (χ0n) is 33.0. The lowest BCUT2D eigenvalue weighted by Crippen LogP contribution is -2.61. The molecule has 0 saturated heterocycles. The Bertz CT molecular complexity index is 3420. The number of nitrogens with zero attached hydrogens (tertiary/aromatic N) is 6. The van der Waals surface area contributed by atoms with Crippen LogP contribution in [-0.2, 0) is 0 Å². The molecule has 0 atom stereocenters. The molecule has 0 amide bonds. The lowest BCUT2D eigenvalue weighted by atomic mass is 9.33. The quantitative estimate of drug-likeness (QED) is 0.164. The summed E-state index contributed by atoms with van der Waals surface area (Å²) in [5.74, 6) is 1.59. The smallest absolute Gasteiger partial charge is 0.252 e. The van der Waals surface area contributed by atoms with Gasteiger partial charge in [0.05, 0.1) is 22.4 Å². The van der Waals surface area contributed by atoms with Crippen LogP contribution in [0.5, 0.6) is 0 Å². The van der Waals surface area contributed by atoms with Crippen LogP contribution in [0.4, 0.5) is 34.6 Å². The molecule has 1 fully saturated rings. The second-order valence-corrected chi connectivity index (χ2v) is 16.8. The third kappa shape index (κ3) is 4.71. The molecule has 61 heavy (non-hydrogen) atoms. The van der Waals surface area contributed by atoms with E-state index in [-0.39, 0.29) is 6.71 Å². The van der Waals surface area contributed by atoms with Crippen molar-refractivity contribution in [2.45, 2.75) is 38.0 Å². The number of aromatic nitrogens is 4. The molecule has 7 aromatic carbocycles. The third-order valence-electron chi connectivity index (χ3n) is 13.5. The molecule has 9 heteroatoms. The Morgan fingerprint density at radius 3 is 1.54 bits per heavy atom. The molecule has 0 bridgehead atoms. The second-order valence-electron chi connectivity index (χ2n) is 16.8. The van der Waals surface area contributed by atoms with Crippen LogP contribution < -0.4 is 26.2 Å². The zero-order valence-corrected chi connectivity index (χ0v) is 33.0. The van der Waals surface area contributed by atoms with E-state index in [4.69, 9.17) is 28.8 Å². The van der Waals surface area contributed by atoms with Gasteiger partial charge in [-0.2, -0.15) is 0 Å².